The zero-order chi connectivity index (χ0) is 22.0. The molecule has 0 aliphatic carbocycles. The Hall–Kier alpha value is -3.32. The van der Waals surface area contributed by atoms with E-state index in [0.29, 0.717) is 11.6 Å². The van der Waals surface area contributed by atoms with Crippen molar-refractivity contribution in [2.45, 2.75) is 25.7 Å². The van der Waals surface area contributed by atoms with E-state index in [1.807, 2.05) is 49.4 Å². The van der Waals surface area contributed by atoms with Gasteiger partial charge >= 0.3 is 0 Å². The fraction of sp³-hybridized carbons (Fsp3) is 0.208. The summed E-state index contributed by atoms with van der Waals surface area (Å²) in [6.45, 7) is 6.91. The van der Waals surface area contributed by atoms with Crippen LogP contribution in [0.1, 0.15) is 19.5 Å². The van der Waals surface area contributed by atoms with E-state index < -0.39 is 10.0 Å². The summed E-state index contributed by atoms with van der Waals surface area (Å²) in [5, 5.41) is 11.6. The predicted molar refractivity (Wildman–Crippen MR) is 127 cm³/mol. The number of hydrogen-bond donors (Lipinski definition) is 3. The SMILES string of the molecule is Cc1[nH]nc2c(NCC(C)C)cc(NS(=O)(=O)c3cccc(-c4ccccc4)c3)cc12. The normalized spacial score (nSPS) is 11.7. The highest BCUT2D eigenvalue weighted by Crippen LogP contribution is 2.30. The first-order valence-corrected chi connectivity index (χ1v) is 11.7. The number of aryl methyl sites for hydroxylation is 1. The molecule has 0 saturated carbocycles. The van der Waals surface area contributed by atoms with Crippen molar-refractivity contribution in [1.29, 1.82) is 0 Å². The highest BCUT2D eigenvalue weighted by molar-refractivity contribution is 7.92. The second kappa shape index (κ2) is 8.43. The van der Waals surface area contributed by atoms with Crippen LogP contribution in [0, 0.1) is 12.8 Å². The molecule has 7 heteroatoms. The molecule has 1 heterocycles. The van der Waals surface area contributed by atoms with Crippen molar-refractivity contribution in [3.8, 4) is 11.1 Å². The Bertz CT molecular complexity index is 1310. The summed E-state index contributed by atoms with van der Waals surface area (Å²) < 4.78 is 29.1. The van der Waals surface area contributed by atoms with E-state index in [2.05, 4.69) is 34.1 Å². The van der Waals surface area contributed by atoms with Crippen molar-refractivity contribution in [1.82, 2.24) is 10.2 Å². The van der Waals surface area contributed by atoms with Crippen LogP contribution < -0.4 is 10.0 Å². The van der Waals surface area contributed by atoms with Crippen LogP contribution in [-0.2, 0) is 10.0 Å². The number of benzene rings is 3. The Morgan fingerprint density at radius 2 is 1.71 bits per heavy atom. The largest absolute Gasteiger partial charge is 0.383 e. The summed E-state index contributed by atoms with van der Waals surface area (Å²) in [4.78, 5) is 0.217. The molecule has 0 unspecified atom stereocenters. The van der Waals surface area contributed by atoms with Crippen molar-refractivity contribution in [2.75, 3.05) is 16.6 Å². The number of anilines is 2. The number of nitrogens with one attached hydrogen (secondary N) is 3. The van der Waals surface area contributed by atoms with E-state index in [0.717, 1.165) is 40.0 Å². The van der Waals surface area contributed by atoms with Crippen LogP contribution in [0.2, 0.25) is 0 Å². The average Bonchev–Trinajstić information content (AvgIpc) is 3.13. The molecule has 0 amide bonds. The first kappa shape index (κ1) is 20.9. The lowest BCUT2D eigenvalue weighted by Crippen LogP contribution is -2.14. The lowest BCUT2D eigenvalue weighted by molar-refractivity contribution is 0.601. The average molecular weight is 435 g/mol. The van der Waals surface area contributed by atoms with E-state index >= 15 is 0 Å². The molecule has 0 saturated heterocycles. The topological polar surface area (TPSA) is 86.9 Å². The van der Waals surface area contributed by atoms with Crippen LogP contribution in [0.25, 0.3) is 22.0 Å². The van der Waals surface area contributed by atoms with E-state index in [4.69, 9.17) is 0 Å². The Labute approximate surface area is 182 Å². The van der Waals surface area contributed by atoms with Crippen molar-refractivity contribution < 1.29 is 8.42 Å². The minimum atomic E-state index is -3.76. The predicted octanol–water partition coefficient (Wildman–Crippen LogP) is 5.41. The van der Waals surface area contributed by atoms with Gasteiger partial charge < -0.3 is 5.32 Å². The van der Waals surface area contributed by atoms with Gasteiger partial charge in [0.1, 0.15) is 5.52 Å². The molecule has 6 nitrogen and oxygen atoms in total. The van der Waals surface area contributed by atoms with Gasteiger partial charge in [-0.15, -0.1) is 0 Å². The molecular weight excluding hydrogens is 408 g/mol. The summed E-state index contributed by atoms with van der Waals surface area (Å²) in [5.41, 5.74) is 4.79. The van der Waals surface area contributed by atoms with Crippen molar-refractivity contribution >= 4 is 32.3 Å². The van der Waals surface area contributed by atoms with Gasteiger partial charge in [-0.05, 0) is 48.2 Å². The maximum atomic E-state index is 13.2. The summed E-state index contributed by atoms with van der Waals surface area (Å²) in [7, 11) is -3.76. The molecule has 3 N–H and O–H groups in total. The fourth-order valence-corrected chi connectivity index (χ4v) is 4.52. The Balaban J connectivity index is 1.69. The molecule has 31 heavy (non-hydrogen) atoms. The zero-order valence-electron chi connectivity index (χ0n) is 17.8. The number of nitrogens with zero attached hydrogens (tertiary/aromatic N) is 1. The van der Waals surface area contributed by atoms with Crippen LogP contribution in [-0.4, -0.2) is 25.2 Å². The number of H-pyrrole nitrogens is 1. The Morgan fingerprint density at radius 1 is 0.968 bits per heavy atom. The second-order valence-corrected chi connectivity index (χ2v) is 9.73. The maximum Gasteiger partial charge on any atom is 0.261 e. The molecule has 3 aromatic carbocycles. The maximum absolute atomic E-state index is 13.2. The number of aromatic nitrogens is 2. The molecule has 0 radical (unpaired) electrons. The minimum Gasteiger partial charge on any atom is -0.383 e. The standard InChI is InChI=1S/C24H26N4O2S/c1-16(2)15-25-23-14-20(13-22-17(3)26-27-24(22)23)28-31(29,30)21-11-7-10-19(12-21)18-8-5-4-6-9-18/h4-14,16,25,28H,15H2,1-3H3,(H,26,27). The number of rotatable bonds is 7. The van der Waals surface area contributed by atoms with Crippen LogP contribution in [0.15, 0.2) is 71.6 Å². The Morgan fingerprint density at radius 3 is 2.45 bits per heavy atom. The highest BCUT2D eigenvalue weighted by Gasteiger charge is 2.17. The highest BCUT2D eigenvalue weighted by atomic mass is 32.2. The molecule has 0 fully saturated rings. The van der Waals surface area contributed by atoms with Gasteiger partial charge in [0.25, 0.3) is 10.0 Å². The van der Waals surface area contributed by atoms with Crippen LogP contribution in [0.5, 0.6) is 0 Å². The van der Waals surface area contributed by atoms with Crippen LogP contribution >= 0.6 is 0 Å². The van der Waals surface area contributed by atoms with E-state index in [9.17, 15) is 8.42 Å². The van der Waals surface area contributed by atoms with Gasteiger partial charge in [-0.1, -0.05) is 56.3 Å². The molecule has 0 atom stereocenters. The zero-order valence-corrected chi connectivity index (χ0v) is 18.6. The van der Waals surface area contributed by atoms with Crippen molar-refractivity contribution in [3.63, 3.8) is 0 Å². The lowest BCUT2D eigenvalue weighted by Gasteiger charge is -2.14. The van der Waals surface area contributed by atoms with E-state index in [1.54, 1.807) is 24.3 Å². The number of hydrogen-bond acceptors (Lipinski definition) is 4. The van der Waals surface area contributed by atoms with E-state index in [-0.39, 0.29) is 4.90 Å². The van der Waals surface area contributed by atoms with Crippen LogP contribution in [0.3, 0.4) is 0 Å². The molecule has 4 rings (SSSR count). The number of sulfonamides is 1. The summed E-state index contributed by atoms with van der Waals surface area (Å²) >= 11 is 0. The third-order valence-corrected chi connectivity index (χ3v) is 6.43. The molecule has 0 bridgehead atoms. The van der Waals surface area contributed by atoms with E-state index in [1.165, 1.54) is 0 Å². The Kier molecular flexibility index (Phi) is 5.69. The number of fused-ring (bicyclic) bond motifs is 1. The molecule has 160 valence electrons. The fourth-order valence-electron chi connectivity index (χ4n) is 3.44. The third-order valence-electron chi connectivity index (χ3n) is 5.05. The molecule has 0 aliphatic rings. The molecule has 4 aromatic rings. The van der Waals surface area contributed by atoms with Crippen molar-refractivity contribution in [2.24, 2.45) is 5.92 Å². The third kappa shape index (κ3) is 4.56. The second-order valence-electron chi connectivity index (χ2n) is 8.04. The first-order valence-electron chi connectivity index (χ1n) is 10.2. The monoisotopic (exact) mass is 434 g/mol. The van der Waals surface area contributed by atoms with Gasteiger partial charge in [-0.25, -0.2) is 8.42 Å². The lowest BCUT2D eigenvalue weighted by atomic mass is 10.1. The van der Waals surface area contributed by atoms with Crippen LogP contribution in [0.4, 0.5) is 11.4 Å². The van der Waals surface area contributed by atoms with Gasteiger partial charge in [-0.3, -0.25) is 9.82 Å². The van der Waals surface area contributed by atoms with Gasteiger partial charge in [-0.2, -0.15) is 5.10 Å². The summed E-state index contributed by atoms with van der Waals surface area (Å²) in [6, 6.07) is 20.3. The first-order chi connectivity index (χ1) is 14.8. The minimum absolute atomic E-state index is 0.217. The van der Waals surface area contributed by atoms with Gasteiger partial charge in [0.05, 0.1) is 16.3 Å². The molecule has 0 spiro atoms. The van der Waals surface area contributed by atoms with Gasteiger partial charge in [0, 0.05) is 17.6 Å². The molecular formula is C24H26N4O2S. The summed E-state index contributed by atoms with van der Waals surface area (Å²) in [6.07, 6.45) is 0. The van der Waals surface area contributed by atoms with Crippen molar-refractivity contribution in [3.05, 3.63) is 72.4 Å². The molecule has 1 aromatic heterocycles. The smallest absolute Gasteiger partial charge is 0.261 e. The molecule has 0 aliphatic heterocycles. The number of aromatic amines is 1. The van der Waals surface area contributed by atoms with Gasteiger partial charge in [0.15, 0.2) is 0 Å². The van der Waals surface area contributed by atoms with Gasteiger partial charge in [0.2, 0.25) is 0 Å². The quantitative estimate of drug-likeness (QED) is 0.363. The summed E-state index contributed by atoms with van der Waals surface area (Å²) in [5.74, 6) is 0.441.